The zero-order chi connectivity index (χ0) is 12.4. The van der Waals surface area contributed by atoms with Gasteiger partial charge in [0.25, 0.3) is 0 Å². The maximum atomic E-state index is 6.07. The number of benzene rings is 2. The van der Waals surface area contributed by atoms with Crippen LogP contribution in [0.3, 0.4) is 0 Å². The summed E-state index contributed by atoms with van der Waals surface area (Å²) >= 11 is 0. The molecule has 0 aliphatic rings. The Hall–Kier alpha value is -2.35. The minimum absolute atomic E-state index is 0.798. The van der Waals surface area contributed by atoms with E-state index in [1.807, 2.05) is 48.5 Å². The van der Waals surface area contributed by atoms with Crippen LogP contribution in [0.15, 0.2) is 60.7 Å². The van der Waals surface area contributed by atoms with Gasteiger partial charge in [-0.25, -0.2) is 0 Å². The highest BCUT2D eigenvalue weighted by atomic mass is 14.7. The van der Waals surface area contributed by atoms with Gasteiger partial charge in [0.05, 0.1) is 5.52 Å². The van der Waals surface area contributed by atoms with Crippen molar-refractivity contribution in [2.24, 2.45) is 0 Å². The molecule has 0 spiro atoms. The minimum Gasteiger partial charge on any atom is -0.398 e. The van der Waals surface area contributed by atoms with E-state index in [1.165, 1.54) is 5.56 Å². The number of anilines is 1. The number of para-hydroxylation sites is 1. The molecule has 0 unspecified atom stereocenters. The minimum atomic E-state index is 0.798. The van der Waals surface area contributed by atoms with Crippen molar-refractivity contribution in [3.8, 4) is 0 Å². The lowest BCUT2D eigenvalue weighted by atomic mass is 10.1. The van der Waals surface area contributed by atoms with E-state index >= 15 is 0 Å². The Morgan fingerprint density at radius 2 is 1.61 bits per heavy atom. The lowest BCUT2D eigenvalue weighted by Crippen LogP contribution is -1.96. The van der Waals surface area contributed by atoms with E-state index in [4.69, 9.17) is 5.73 Å². The highest BCUT2D eigenvalue weighted by Crippen LogP contribution is 2.21. The molecular formula is C16H14N2. The van der Waals surface area contributed by atoms with Crippen LogP contribution >= 0.6 is 0 Å². The summed E-state index contributed by atoms with van der Waals surface area (Å²) < 4.78 is 0. The first-order chi connectivity index (χ1) is 8.83. The van der Waals surface area contributed by atoms with Crippen molar-refractivity contribution in [1.82, 2.24) is 4.98 Å². The summed E-state index contributed by atoms with van der Waals surface area (Å²) in [4.78, 5) is 4.65. The Morgan fingerprint density at radius 3 is 2.44 bits per heavy atom. The third kappa shape index (κ3) is 2.05. The molecule has 0 radical (unpaired) electrons. The zero-order valence-electron chi connectivity index (χ0n) is 10.0. The van der Waals surface area contributed by atoms with Gasteiger partial charge >= 0.3 is 0 Å². The first-order valence-corrected chi connectivity index (χ1v) is 6.01. The number of nitrogen functional groups attached to an aromatic ring is 1. The van der Waals surface area contributed by atoms with Gasteiger partial charge in [0.2, 0.25) is 0 Å². The molecule has 2 N–H and O–H groups in total. The van der Waals surface area contributed by atoms with Crippen LogP contribution in [0.1, 0.15) is 11.3 Å². The lowest BCUT2D eigenvalue weighted by Gasteiger charge is -2.06. The highest BCUT2D eigenvalue weighted by Gasteiger charge is 2.03. The molecule has 0 bridgehead atoms. The fourth-order valence-electron chi connectivity index (χ4n) is 2.16. The van der Waals surface area contributed by atoms with Gasteiger partial charge in [-0.15, -0.1) is 0 Å². The topological polar surface area (TPSA) is 38.9 Å². The number of rotatable bonds is 2. The van der Waals surface area contributed by atoms with E-state index < -0.39 is 0 Å². The molecule has 1 aromatic heterocycles. The summed E-state index contributed by atoms with van der Waals surface area (Å²) in [5, 5.41) is 1.02. The van der Waals surface area contributed by atoms with Crippen molar-refractivity contribution >= 4 is 16.6 Å². The Kier molecular flexibility index (Phi) is 2.69. The Labute approximate surface area is 106 Å². The first kappa shape index (κ1) is 10.8. The second kappa shape index (κ2) is 4.49. The van der Waals surface area contributed by atoms with Crippen LogP contribution in [-0.2, 0) is 6.42 Å². The molecule has 0 atom stereocenters. The van der Waals surface area contributed by atoms with Gasteiger partial charge < -0.3 is 5.73 Å². The molecule has 88 valence electrons. The molecular weight excluding hydrogens is 220 g/mol. The van der Waals surface area contributed by atoms with Crippen molar-refractivity contribution in [2.45, 2.75) is 6.42 Å². The van der Waals surface area contributed by atoms with E-state index in [0.717, 1.165) is 28.7 Å². The van der Waals surface area contributed by atoms with Crippen molar-refractivity contribution in [3.63, 3.8) is 0 Å². The second-order valence-corrected chi connectivity index (χ2v) is 4.38. The molecule has 18 heavy (non-hydrogen) atoms. The Balaban J connectivity index is 2.03. The standard InChI is InChI=1S/C16H14N2/c17-15-11-13(10-12-6-2-1-3-7-12)18-16-9-5-4-8-14(15)16/h1-9,11H,10H2,(H2,17,18). The summed E-state index contributed by atoms with van der Waals surface area (Å²) in [7, 11) is 0. The number of fused-ring (bicyclic) bond motifs is 1. The predicted octanol–water partition coefficient (Wildman–Crippen LogP) is 3.41. The van der Waals surface area contributed by atoms with E-state index in [-0.39, 0.29) is 0 Å². The molecule has 0 aliphatic carbocycles. The van der Waals surface area contributed by atoms with Gasteiger partial charge in [-0.1, -0.05) is 48.5 Å². The molecule has 3 aromatic rings. The zero-order valence-corrected chi connectivity index (χ0v) is 10.0. The van der Waals surface area contributed by atoms with Crippen LogP contribution < -0.4 is 5.73 Å². The molecule has 2 aromatic carbocycles. The summed E-state index contributed by atoms with van der Waals surface area (Å²) in [6.45, 7) is 0. The van der Waals surface area contributed by atoms with Crippen LogP contribution in [0.2, 0.25) is 0 Å². The average Bonchev–Trinajstić information content (AvgIpc) is 2.40. The number of pyridine rings is 1. The number of hydrogen-bond donors (Lipinski definition) is 1. The molecule has 2 nitrogen and oxygen atoms in total. The maximum Gasteiger partial charge on any atom is 0.0726 e. The SMILES string of the molecule is Nc1cc(Cc2ccccc2)nc2ccccc12. The number of nitrogens with two attached hydrogens (primary N) is 1. The summed E-state index contributed by atoms with van der Waals surface area (Å²) in [5.41, 5.74) is 10.1. The molecule has 0 fully saturated rings. The summed E-state index contributed by atoms with van der Waals surface area (Å²) in [6.07, 6.45) is 0.815. The predicted molar refractivity (Wildman–Crippen MR) is 75.4 cm³/mol. The van der Waals surface area contributed by atoms with Crippen molar-refractivity contribution in [2.75, 3.05) is 5.73 Å². The average molecular weight is 234 g/mol. The Morgan fingerprint density at radius 1 is 0.889 bits per heavy atom. The van der Waals surface area contributed by atoms with E-state index in [1.54, 1.807) is 0 Å². The summed E-state index contributed by atoms with van der Waals surface area (Å²) in [6, 6.07) is 20.3. The van der Waals surface area contributed by atoms with E-state index in [9.17, 15) is 0 Å². The van der Waals surface area contributed by atoms with Crippen LogP contribution in [0.4, 0.5) is 5.69 Å². The van der Waals surface area contributed by atoms with E-state index in [2.05, 4.69) is 17.1 Å². The van der Waals surface area contributed by atoms with Crippen LogP contribution in [-0.4, -0.2) is 4.98 Å². The van der Waals surface area contributed by atoms with Gasteiger partial charge in [0.1, 0.15) is 0 Å². The smallest absolute Gasteiger partial charge is 0.0726 e. The first-order valence-electron chi connectivity index (χ1n) is 6.01. The molecule has 1 heterocycles. The lowest BCUT2D eigenvalue weighted by molar-refractivity contribution is 1.10. The molecule has 0 aliphatic heterocycles. The number of nitrogens with zero attached hydrogens (tertiary/aromatic N) is 1. The van der Waals surface area contributed by atoms with E-state index in [0.29, 0.717) is 0 Å². The van der Waals surface area contributed by atoms with Crippen LogP contribution in [0.25, 0.3) is 10.9 Å². The molecule has 3 rings (SSSR count). The monoisotopic (exact) mass is 234 g/mol. The fourth-order valence-corrected chi connectivity index (χ4v) is 2.16. The van der Waals surface area contributed by atoms with Crippen LogP contribution in [0.5, 0.6) is 0 Å². The fraction of sp³-hybridized carbons (Fsp3) is 0.0625. The van der Waals surface area contributed by atoms with Gasteiger partial charge in [-0.2, -0.15) is 0 Å². The third-order valence-corrected chi connectivity index (χ3v) is 3.03. The number of aromatic nitrogens is 1. The summed E-state index contributed by atoms with van der Waals surface area (Å²) in [5.74, 6) is 0. The van der Waals surface area contributed by atoms with Gasteiger partial charge in [-0.05, 0) is 17.7 Å². The van der Waals surface area contributed by atoms with Gasteiger partial charge in [0, 0.05) is 23.2 Å². The highest BCUT2D eigenvalue weighted by molar-refractivity contribution is 5.90. The normalized spacial score (nSPS) is 10.7. The third-order valence-electron chi connectivity index (χ3n) is 3.03. The molecule has 0 amide bonds. The maximum absolute atomic E-state index is 6.07. The quantitative estimate of drug-likeness (QED) is 0.738. The second-order valence-electron chi connectivity index (χ2n) is 4.38. The van der Waals surface area contributed by atoms with Crippen molar-refractivity contribution < 1.29 is 0 Å². The number of hydrogen-bond acceptors (Lipinski definition) is 2. The van der Waals surface area contributed by atoms with Gasteiger partial charge in [0.15, 0.2) is 0 Å². The molecule has 2 heteroatoms. The van der Waals surface area contributed by atoms with Crippen molar-refractivity contribution in [3.05, 3.63) is 71.9 Å². The largest absolute Gasteiger partial charge is 0.398 e. The van der Waals surface area contributed by atoms with Crippen LogP contribution in [0, 0.1) is 0 Å². The Bertz CT molecular complexity index is 675. The molecule has 0 saturated heterocycles. The van der Waals surface area contributed by atoms with Crippen molar-refractivity contribution in [1.29, 1.82) is 0 Å². The molecule has 0 saturated carbocycles. The van der Waals surface area contributed by atoms with Gasteiger partial charge in [-0.3, -0.25) is 4.98 Å².